The molecule has 0 fully saturated rings. The summed E-state index contributed by atoms with van der Waals surface area (Å²) in [6, 6.07) is 14.4. The van der Waals surface area contributed by atoms with E-state index in [0.717, 1.165) is 11.0 Å². The number of para-hydroxylation sites is 2. The highest BCUT2D eigenvalue weighted by Gasteiger charge is 2.33. The minimum Gasteiger partial charge on any atom is -0.321 e. The smallest absolute Gasteiger partial charge is 0.214 e. The largest absolute Gasteiger partial charge is 0.321 e. The predicted molar refractivity (Wildman–Crippen MR) is 94.2 cm³/mol. The predicted octanol–water partition coefficient (Wildman–Crippen LogP) is 2.65. The van der Waals surface area contributed by atoms with Crippen molar-refractivity contribution in [3.8, 4) is 0 Å². The average molecular weight is 340 g/mol. The van der Waals surface area contributed by atoms with Crippen molar-refractivity contribution in [2.24, 2.45) is 0 Å². The molecule has 1 aliphatic rings. The van der Waals surface area contributed by atoms with Crippen molar-refractivity contribution in [1.82, 2.24) is 19.5 Å². The molecule has 6 heteroatoms. The molecule has 0 aliphatic heterocycles. The molecule has 0 unspecified atom stereocenters. The summed E-state index contributed by atoms with van der Waals surface area (Å²) < 4.78 is 1.67. The number of aromatic nitrogens is 4. The Bertz CT molecular complexity index is 1210. The maximum absolute atomic E-state index is 12.9. The highest BCUT2D eigenvalue weighted by atomic mass is 16.1. The first-order chi connectivity index (χ1) is 12.7. The number of carbonyl (C=O) groups excluding carboxylic acids is 2. The number of nitrogens with zero attached hydrogens (tertiary/aromatic N) is 4. The lowest BCUT2D eigenvalue weighted by atomic mass is 9.90. The fourth-order valence-corrected chi connectivity index (χ4v) is 3.29. The van der Waals surface area contributed by atoms with E-state index in [0.29, 0.717) is 29.1 Å². The molecule has 0 atom stereocenters. The molecule has 0 saturated heterocycles. The van der Waals surface area contributed by atoms with Crippen LogP contribution in [0.1, 0.15) is 37.8 Å². The van der Waals surface area contributed by atoms with Crippen LogP contribution in [0.15, 0.2) is 61.1 Å². The number of benzene rings is 2. The van der Waals surface area contributed by atoms with Gasteiger partial charge in [0.1, 0.15) is 11.4 Å². The van der Waals surface area contributed by atoms with Crippen molar-refractivity contribution in [3.05, 3.63) is 89.3 Å². The molecule has 1 aliphatic carbocycles. The summed E-state index contributed by atoms with van der Waals surface area (Å²) in [5.41, 5.74) is 3.61. The lowest BCUT2D eigenvalue weighted by Gasteiger charge is -2.15. The normalized spacial score (nSPS) is 12.9. The van der Waals surface area contributed by atoms with Crippen LogP contribution in [0.25, 0.3) is 11.0 Å². The Morgan fingerprint density at radius 2 is 1.50 bits per heavy atom. The van der Waals surface area contributed by atoms with Gasteiger partial charge in [0.15, 0.2) is 0 Å². The lowest BCUT2D eigenvalue weighted by Crippen LogP contribution is -2.23. The molecule has 124 valence electrons. The molecule has 4 aromatic rings. The number of imidazole rings is 1. The van der Waals surface area contributed by atoms with Gasteiger partial charge in [0.2, 0.25) is 11.6 Å². The zero-order valence-corrected chi connectivity index (χ0v) is 13.6. The van der Waals surface area contributed by atoms with Crippen molar-refractivity contribution in [2.75, 3.05) is 0 Å². The molecular formula is C20H12N4O2. The van der Waals surface area contributed by atoms with Crippen LogP contribution in [0.2, 0.25) is 0 Å². The van der Waals surface area contributed by atoms with Crippen molar-refractivity contribution >= 4 is 22.6 Å². The van der Waals surface area contributed by atoms with Crippen LogP contribution in [0, 0.1) is 0 Å². The Labute approximate surface area is 148 Å². The first kappa shape index (κ1) is 14.7. The number of hydrogen-bond donors (Lipinski definition) is 0. The third-order valence-corrected chi connectivity index (χ3v) is 4.51. The Hall–Kier alpha value is -3.67. The molecule has 6 nitrogen and oxygen atoms in total. The van der Waals surface area contributed by atoms with Gasteiger partial charge >= 0.3 is 0 Å². The molecule has 26 heavy (non-hydrogen) atoms. The number of fused-ring (bicyclic) bond motifs is 3. The van der Waals surface area contributed by atoms with Gasteiger partial charge in [-0.3, -0.25) is 14.6 Å². The molecule has 0 amide bonds. The third kappa shape index (κ3) is 2.09. The minimum absolute atomic E-state index is 0.193. The van der Waals surface area contributed by atoms with E-state index in [1.807, 2.05) is 24.3 Å². The Morgan fingerprint density at radius 1 is 0.808 bits per heavy atom. The van der Waals surface area contributed by atoms with Crippen LogP contribution < -0.4 is 0 Å². The van der Waals surface area contributed by atoms with Crippen LogP contribution in [-0.4, -0.2) is 31.1 Å². The molecule has 2 heterocycles. The second kappa shape index (κ2) is 5.42. The molecule has 2 aromatic heterocycles. The SMILES string of the molecule is O=C1c2ccccc2C(=O)c2c1ncn2Cc1cnc2ccccc2n1. The highest BCUT2D eigenvalue weighted by Crippen LogP contribution is 2.26. The zero-order chi connectivity index (χ0) is 17.7. The summed E-state index contributed by atoms with van der Waals surface area (Å²) in [5, 5.41) is 0. The lowest BCUT2D eigenvalue weighted by molar-refractivity contribution is 0.0971. The van der Waals surface area contributed by atoms with E-state index in [2.05, 4.69) is 15.0 Å². The summed E-state index contributed by atoms with van der Waals surface area (Å²) in [4.78, 5) is 38.7. The summed E-state index contributed by atoms with van der Waals surface area (Å²) in [6.07, 6.45) is 3.20. The molecule has 0 saturated carbocycles. The monoisotopic (exact) mass is 340 g/mol. The Morgan fingerprint density at radius 3 is 2.31 bits per heavy atom. The summed E-state index contributed by atoms with van der Waals surface area (Å²) in [5.74, 6) is -0.417. The average Bonchev–Trinajstić information content (AvgIpc) is 3.10. The van der Waals surface area contributed by atoms with E-state index in [4.69, 9.17) is 0 Å². The van der Waals surface area contributed by atoms with Gasteiger partial charge in [0, 0.05) is 11.1 Å². The van der Waals surface area contributed by atoms with Crippen LogP contribution in [-0.2, 0) is 6.54 Å². The van der Waals surface area contributed by atoms with Gasteiger partial charge < -0.3 is 4.57 Å². The summed E-state index contributed by atoms with van der Waals surface area (Å²) in [6.45, 7) is 0.321. The fourth-order valence-electron chi connectivity index (χ4n) is 3.29. The number of ketones is 2. The zero-order valence-electron chi connectivity index (χ0n) is 13.6. The minimum atomic E-state index is -0.224. The number of rotatable bonds is 2. The Kier molecular flexibility index (Phi) is 3.05. The second-order valence-electron chi connectivity index (χ2n) is 6.12. The first-order valence-corrected chi connectivity index (χ1v) is 8.16. The van der Waals surface area contributed by atoms with Crippen LogP contribution >= 0.6 is 0 Å². The standard InChI is InChI=1S/C20H12N4O2/c25-19-13-5-1-2-6-14(13)20(26)18-17(19)22-11-24(18)10-12-9-21-15-7-3-4-8-16(15)23-12/h1-9,11H,10H2. The highest BCUT2D eigenvalue weighted by molar-refractivity contribution is 6.27. The molecule has 0 spiro atoms. The maximum atomic E-state index is 12.9. The van der Waals surface area contributed by atoms with Crippen LogP contribution in [0.4, 0.5) is 0 Å². The summed E-state index contributed by atoms with van der Waals surface area (Å²) >= 11 is 0. The molecular weight excluding hydrogens is 328 g/mol. The fraction of sp³-hybridized carbons (Fsp3) is 0.0500. The van der Waals surface area contributed by atoms with E-state index in [9.17, 15) is 9.59 Å². The van der Waals surface area contributed by atoms with E-state index in [-0.39, 0.29) is 17.3 Å². The number of hydrogen-bond acceptors (Lipinski definition) is 5. The quantitative estimate of drug-likeness (QED) is 0.494. The van der Waals surface area contributed by atoms with Gasteiger partial charge in [-0.25, -0.2) is 9.97 Å². The topological polar surface area (TPSA) is 77.7 Å². The van der Waals surface area contributed by atoms with Crippen molar-refractivity contribution < 1.29 is 9.59 Å². The second-order valence-corrected chi connectivity index (χ2v) is 6.12. The van der Waals surface area contributed by atoms with Crippen LogP contribution in [0.3, 0.4) is 0 Å². The van der Waals surface area contributed by atoms with Crippen molar-refractivity contribution in [2.45, 2.75) is 6.54 Å². The Balaban J connectivity index is 1.58. The van der Waals surface area contributed by atoms with Gasteiger partial charge in [-0.2, -0.15) is 0 Å². The molecule has 5 rings (SSSR count). The van der Waals surface area contributed by atoms with Gasteiger partial charge in [0.25, 0.3) is 0 Å². The first-order valence-electron chi connectivity index (χ1n) is 8.16. The van der Waals surface area contributed by atoms with Crippen LogP contribution in [0.5, 0.6) is 0 Å². The molecule has 0 bridgehead atoms. The van der Waals surface area contributed by atoms with E-state index >= 15 is 0 Å². The van der Waals surface area contributed by atoms with Gasteiger partial charge in [-0.05, 0) is 12.1 Å². The van der Waals surface area contributed by atoms with Crippen molar-refractivity contribution in [3.63, 3.8) is 0 Å². The molecule has 0 radical (unpaired) electrons. The van der Waals surface area contributed by atoms with Gasteiger partial charge in [-0.1, -0.05) is 36.4 Å². The van der Waals surface area contributed by atoms with Gasteiger partial charge in [0.05, 0.1) is 35.8 Å². The van der Waals surface area contributed by atoms with Gasteiger partial charge in [-0.15, -0.1) is 0 Å². The molecule has 0 N–H and O–H groups in total. The van der Waals surface area contributed by atoms with E-state index in [1.165, 1.54) is 6.33 Å². The van der Waals surface area contributed by atoms with Crippen molar-refractivity contribution in [1.29, 1.82) is 0 Å². The summed E-state index contributed by atoms with van der Waals surface area (Å²) in [7, 11) is 0. The maximum Gasteiger partial charge on any atom is 0.214 e. The molecule has 2 aromatic carbocycles. The number of carbonyl (C=O) groups is 2. The third-order valence-electron chi connectivity index (χ3n) is 4.51. The van der Waals surface area contributed by atoms with E-state index in [1.54, 1.807) is 35.0 Å². The van der Waals surface area contributed by atoms with E-state index < -0.39 is 0 Å².